The van der Waals surface area contributed by atoms with Crippen molar-refractivity contribution >= 4 is 27.5 Å². The molecular formula is C13H20BrN3O. The zero-order valence-electron chi connectivity index (χ0n) is 10.9. The minimum Gasteiger partial charge on any atom is -0.330 e. The fraction of sp³-hybridized carbons (Fsp3) is 0.538. The van der Waals surface area contributed by atoms with Gasteiger partial charge in [-0.3, -0.25) is 4.79 Å². The van der Waals surface area contributed by atoms with Crippen LogP contribution in [-0.2, 0) is 4.79 Å². The predicted octanol–water partition coefficient (Wildman–Crippen LogP) is 2.86. The van der Waals surface area contributed by atoms with Crippen molar-refractivity contribution in [2.75, 3.05) is 11.9 Å². The molecule has 1 aromatic heterocycles. The highest BCUT2D eigenvalue weighted by Gasteiger charge is 2.08. The van der Waals surface area contributed by atoms with Crippen LogP contribution in [0.1, 0.15) is 31.9 Å². The number of hydrogen-bond donors (Lipinski definition) is 2. The van der Waals surface area contributed by atoms with E-state index in [0.717, 1.165) is 28.8 Å². The van der Waals surface area contributed by atoms with Gasteiger partial charge in [-0.05, 0) is 60.3 Å². The molecule has 1 heterocycles. The lowest BCUT2D eigenvalue weighted by Crippen LogP contribution is -2.15. The molecule has 4 nitrogen and oxygen atoms in total. The Kier molecular flexibility index (Phi) is 6.29. The molecule has 0 saturated heterocycles. The van der Waals surface area contributed by atoms with Crippen molar-refractivity contribution in [3.63, 3.8) is 0 Å². The highest BCUT2D eigenvalue weighted by molar-refractivity contribution is 9.10. The van der Waals surface area contributed by atoms with Crippen LogP contribution in [-0.4, -0.2) is 17.4 Å². The Bertz CT molecular complexity index is 409. The maximum Gasteiger partial charge on any atom is 0.224 e. The third kappa shape index (κ3) is 5.14. The lowest BCUT2D eigenvalue weighted by molar-refractivity contribution is -0.116. The summed E-state index contributed by atoms with van der Waals surface area (Å²) in [7, 11) is 0. The number of carbonyl (C=O) groups excluding carboxylic acids is 1. The van der Waals surface area contributed by atoms with Crippen LogP contribution in [0.15, 0.2) is 16.7 Å². The predicted molar refractivity (Wildman–Crippen MR) is 77.4 cm³/mol. The van der Waals surface area contributed by atoms with E-state index in [1.54, 1.807) is 0 Å². The van der Waals surface area contributed by atoms with Gasteiger partial charge >= 0.3 is 0 Å². The van der Waals surface area contributed by atoms with Gasteiger partial charge in [0.15, 0.2) is 0 Å². The fourth-order valence-electron chi connectivity index (χ4n) is 1.68. The summed E-state index contributed by atoms with van der Waals surface area (Å²) in [5, 5.41) is 2.88. The first kappa shape index (κ1) is 15.1. The Morgan fingerprint density at radius 2 is 2.22 bits per heavy atom. The lowest BCUT2D eigenvalue weighted by atomic mass is 10.0. The minimum atomic E-state index is 0.0334. The molecule has 100 valence electrons. The number of aryl methyl sites for hydroxylation is 1. The van der Waals surface area contributed by atoms with Crippen LogP contribution in [0.5, 0.6) is 0 Å². The van der Waals surface area contributed by atoms with Gasteiger partial charge in [0.2, 0.25) is 5.91 Å². The molecule has 0 aliphatic rings. The lowest BCUT2D eigenvalue weighted by Gasteiger charge is -2.11. The Hall–Kier alpha value is -0.940. The number of carbonyl (C=O) groups is 1. The van der Waals surface area contributed by atoms with Gasteiger partial charge in [-0.1, -0.05) is 6.92 Å². The minimum absolute atomic E-state index is 0.0334. The van der Waals surface area contributed by atoms with Crippen molar-refractivity contribution < 1.29 is 4.79 Å². The summed E-state index contributed by atoms with van der Waals surface area (Å²) >= 11 is 3.29. The molecule has 0 aliphatic carbocycles. The van der Waals surface area contributed by atoms with Gasteiger partial charge in [0.25, 0.3) is 0 Å². The monoisotopic (exact) mass is 313 g/mol. The van der Waals surface area contributed by atoms with E-state index in [9.17, 15) is 4.79 Å². The second-order valence-electron chi connectivity index (χ2n) is 4.54. The zero-order chi connectivity index (χ0) is 13.5. The van der Waals surface area contributed by atoms with E-state index in [4.69, 9.17) is 5.73 Å². The first-order valence-electron chi connectivity index (χ1n) is 6.16. The summed E-state index contributed by atoms with van der Waals surface area (Å²) < 4.78 is 0.773. The van der Waals surface area contributed by atoms with E-state index in [0.29, 0.717) is 18.9 Å². The van der Waals surface area contributed by atoms with Crippen molar-refractivity contribution in [1.82, 2.24) is 4.98 Å². The second kappa shape index (κ2) is 7.48. The number of hydrogen-bond acceptors (Lipinski definition) is 3. The number of nitrogens with one attached hydrogen (secondary N) is 1. The molecule has 1 rings (SSSR count). The molecule has 0 aromatic carbocycles. The molecule has 0 fully saturated rings. The standard InChI is InChI=1S/C13H20BrN3O/c1-9(7-8-15)3-6-13(18)17-11-4-5-12(14)16-10(11)2/h4-5,9H,3,6-8,15H2,1-2H3,(H,17,18). The van der Waals surface area contributed by atoms with Gasteiger partial charge < -0.3 is 11.1 Å². The maximum absolute atomic E-state index is 11.8. The average molecular weight is 314 g/mol. The highest BCUT2D eigenvalue weighted by atomic mass is 79.9. The SMILES string of the molecule is Cc1nc(Br)ccc1NC(=O)CCC(C)CCN. The van der Waals surface area contributed by atoms with Gasteiger partial charge in [-0.25, -0.2) is 4.98 Å². The largest absolute Gasteiger partial charge is 0.330 e. The van der Waals surface area contributed by atoms with E-state index >= 15 is 0 Å². The fourth-order valence-corrected chi connectivity index (χ4v) is 2.08. The Labute approximate surface area is 116 Å². The molecule has 18 heavy (non-hydrogen) atoms. The van der Waals surface area contributed by atoms with Gasteiger partial charge in [0.1, 0.15) is 4.60 Å². The Morgan fingerprint density at radius 1 is 1.50 bits per heavy atom. The highest BCUT2D eigenvalue weighted by Crippen LogP contribution is 2.17. The third-order valence-electron chi connectivity index (χ3n) is 2.85. The van der Waals surface area contributed by atoms with Gasteiger partial charge in [0.05, 0.1) is 11.4 Å². The normalized spacial score (nSPS) is 12.2. The summed E-state index contributed by atoms with van der Waals surface area (Å²) in [5.41, 5.74) is 7.07. The molecule has 1 amide bonds. The molecule has 1 atom stereocenters. The van der Waals surface area contributed by atoms with Crippen molar-refractivity contribution in [2.45, 2.75) is 33.1 Å². The molecule has 5 heteroatoms. The van der Waals surface area contributed by atoms with Gasteiger partial charge in [-0.2, -0.15) is 0 Å². The van der Waals surface area contributed by atoms with Crippen molar-refractivity contribution in [3.05, 3.63) is 22.4 Å². The van der Waals surface area contributed by atoms with Gasteiger partial charge in [-0.15, -0.1) is 0 Å². The number of nitrogens with zero attached hydrogens (tertiary/aromatic N) is 1. The van der Waals surface area contributed by atoms with E-state index < -0.39 is 0 Å². The maximum atomic E-state index is 11.8. The summed E-state index contributed by atoms with van der Waals surface area (Å²) in [6, 6.07) is 3.67. The summed E-state index contributed by atoms with van der Waals surface area (Å²) in [6.07, 6.45) is 2.36. The number of pyridine rings is 1. The van der Waals surface area contributed by atoms with Crippen molar-refractivity contribution in [1.29, 1.82) is 0 Å². The van der Waals surface area contributed by atoms with Crippen LogP contribution >= 0.6 is 15.9 Å². The van der Waals surface area contributed by atoms with E-state index in [-0.39, 0.29) is 5.91 Å². The van der Waals surface area contributed by atoms with Crippen LogP contribution < -0.4 is 11.1 Å². The van der Waals surface area contributed by atoms with Crippen molar-refractivity contribution in [3.8, 4) is 0 Å². The number of aromatic nitrogens is 1. The molecule has 0 spiro atoms. The van der Waals surface area contributed by atoms with Crippen LogP contribution in [0.3, 0.4) is 0 Å². The number of nitrogens with two attached hydrogens (primary N) is 1. The van der Waals surface area contributed by atoms with Gasteiger partial charge in [0, 0.05) is 6.42 Å². The van der Waals surface area contributed by atoms with E-state index in [2.05, 4.69) is 33.2 Å². The first-order valence-corrected chi connectivity index (χ1v) is 6.95. The molecular weight excluding hydrogens is 294 g/mol. The Morgan fingerprint density at radius 3 is 2.83 bits per heavy atom. The van der Waals surface area contributed by atoms with Crippen LogP contribution in [0.2, 0.25) is 0 Å². The quantitative estimate of drug-likeness (QED) is 0.793. The summed E-state index contributed by atoms with van der Waals surface area (Å²) in [4.78, 5) is 16.0. The van der Waals surface area contributed by atoms with Crippen LogP contribution in [0.25, 0.3) is 0 Å². The number of rotatable bonds is 6. The number of halogens is 1. The first-order chi connectivity index (χ1) is 8.52. The van der Waals surface area contributed by atoms with Crippen LogP contribution in [0, 0.1) is 12.8 Å². The van der Waals surface area contributed by atoms with E-state index in [1.807, 2.05) is 19.1 Å². The van der Waals surface area contributed by atoms with Crippen LogP contribution in [0.4, 0.5) is 5.69 Å². The molecule has 1 unspecified atom stereocenters. The topological polar surface area (TPSA) is 68.0 Å². The zero-order valence-corrected chi connectivity index (χ0v) is 12.5. The molecule has 1 aromatic rings. The molecule has 0 saturated carbocycles. The number of amides is 1. The third-order valence-corrected chi connectivity index (χ3v) is 3.29. The second-order valence-corrected chi connectivity index (χ2v) is 5.35. The number of anilines is 1. The summed E-state index contributed by atoms with van der Waals surface area (Å²) in [5.74, 6) is 0.524. The smallest absolute Gasteiger partial charge is 0.224 e. The molecule has 0 bridgehead atoms. The molecule has 0 aliphatic heterocycles. The summed E-state index contributed by atoms with van der Waals surface area (Å²) in [6.45, 7) is 4.67. The molecule has 3 N–H and O–H groups in total. The molecule has 0 radical (unpaired) electrons. The van der Waals surface area contributed by atoms with Crippen molar-refractivity contribution in [2.24, 2.45) is 11.7 Å². The average Bonchev–Trinajstić information content (AvgIpc) is 2.31. The Balaban J connectivity index is 2.44. The van der Waals surface area contributed by atoms with E-state index in [1.165, 1.54) is 0 Å².